The Kier molecular flexibility index (Phi) is 7.35. The van der Waals surface area contributed by atoms with Crippen molar-refractivity contribution in [2.24, 2.45) is 0 Å². The Bertz CT molecular complexity index is 600. The summed E-state index contributed by atoms with van der Waals surface area (Å²) >= 11 is 0. The highest BCUT2D eigenvalue weighted by Gasteiger charge is 2.25. The van der Waals surface area contributed by atoms with Gasteiger partial charge in [-0.3, -0.25) is 4.90 Å². The third kappa shape index (κ3) is 5.84. The van der Waals surface area contributed by atoms with Crippen molar-refractivity contribution in [2.75, 3.05) is 52.9 Å². The number of likely N-dealkylation sites (tertiary alicyclic amines) is 1. The molecule has 2 aliphatic heterocycles. The third-order valence-electron chi connectivity index (χ3n) is 5.57. The maximum absolute atomic E-state index is 12.6. The van der Waals surface area contributed by atoms with Crippen LogP contribution >= 0.6 is 0 Å². The second-order valence-corrected chi connectivity index (χ2v) is 7.70. The summed E-state index contributed by atoms with van der Waals surface area (Å²) in [6, 6.07) is 8.63. The predicted molar refractivity (Wildman–Crippen MR) is 108 cm³/mol. The van der Waals surface area contributed by atoms with Crippen molar-refractivity contribution in [2.45, 2.75) is 38.8 Å². The van der Waals surface area contributed by atoms with E-state index in [1.165, 1.54) is 24.9 Å². The normalized spacial score (nSPS) is 21.9. The van der Waals surface area contributed by atoms with Gasteiger partial charge in [0.1, 0.15) is 5.75 Å². The molecule has 150 valence electrons. The van der Waals surface area contributed by atoms with Gasteiger partial charge in [0, 0.05) is 45.3 Å². The Balaban J connectivity index is 1.42. The van der Waals surface area contributed by atoms with Crippen molar-refractivity contribution in [3.63, 3.8) is 0 Å². The molecule has 2 heterocycles. The summed E-state index contributed by atoms with van der Waals surface area (Å²) in [6.45, 7) is 9.83. The molecule has 0 saturated carbocycles. The van der Waals surface area contributed by atoms with Crippen LogP contribution in [0.3, 0.4) is 0 Å². The Labute approximate surface area is 163 Å². The third-order valence-corrected chi connectivity index (χ3v) is 5.57. The number of ether oxygens (including phenoxy) is 1. The quantitative estimate of drug-likeness (QED) is 0.831. The summed E-state index contributed by atoms with van der Waals surface area (Å²) < 4.78 is 5.30. The molecule has 0 aliphatic carbocycles. The Morgan fingerprint density at radius 3 is 2.74 bits per heavy atom. The highest BCUT2D eigenvalue weighted by atomic mass is 16.5. The van der Waals surface area contributed by atoms with E-state index in [1.54, 1.807) is 7.11 Å². The lowest BCUT2D eigenvalue weighted by Gasteiger charge is -2.37. The lowest BCUT2D eigenvalue weighted by molar-refractivity contribution is 0.126. The van der Waals surface area contributed by atoms with Crippen LogP contribution < -0.4 is 10.1 Å². The number of nitrogens with one attached hydrogen (secondary N) is 1. The summed E-state index contributed by atoms with van der Waals surface area (Å²) in [6.07, 6.45) is 3.46. The van der Waals surface area contributed by atoms with Gasteiger partial charge in [0.15, 0.2) is 0 Å². The van der Waals surface area contributed by atoms with Gasteiger partial charge in [0.2, 0.25) is 0 Å². The summed E-state index contributed by atoms with van der Waals surface area (Å²) in [7, 11) is 1.70. The van der Waals surface area contributed by atoms with Crippen LogP contribution in [-0.2, 0) is 6.54 Å². The number of hydrogen-bond acceptors (Lipinski definition) is 4. The molecule has 1 unspecified atom stereocenters. The van der Waals surface area contributed by atoms with E-state index in [1.807, 2.05) is 17.0 Å². The van der Waals surface area contributed by atoms with Crippen molar-refractivity contribution < 1.29 is 9.53 Å². The first-order valence-electron chi connectivity index (χ1n) is 10.3. The molecule has 0 aromatic heterocycles. The standard InChI is InChI=1S/C21H34N4O2/c1-3-9-23-10-5-7-19(17-23)22-21(26)25-13-11-24(12-14-25)16-18-6-4-8-20(15-18)27-2/h4,6,8,15,19H,3,5,7,9-14,16-17H2,1-2H3,(H,22,26). The van der Waals surface area contributed by atoms with Crippen LogP contribution in [0.4, 0.5) is 4.79 Å². The number of hydrogen-bond donors (Lipinski definition) is 1. The minimum absolute atomic E-state index is 0.111. The molecule has 2 fully saturated rings. The molecule has 2 amide bonds. The predicted octanol–water partition coefficient (Wildman–Crippen LogP) is 2.40. The smallest absolute Gasteiger partial charge is 0.317 e. The second kappa shape index (κ2) is 9.95. The minimum Gasteiger partial charge on any atom is -0.497 e. The molecule has 27 heavy (non-hydrogen) atoms. The molecule has 6 nitrogen and oxygen atoms in total. The van der Waals surface area contributed by atoms with E-state index in [0.29, 0.717) is 6.04 Å². The number of nitrogens with zero attached hydrogens (tertiary/aromatic N) is 3. The monoisotopic (exact) mass is 374 g/mol. The van der Waals surface area contributed by atoms with Gasteiger partial charge in [-0.1, -0.05) is 19.1 Å². The molecule has 1 N–H and O–H groups in total. The average Bonchev–Trinajstić information content (AvgIpc) is 2.69. The van der Waals surface area contributed by atoms with Gasteiger partial charge >= 0.3 is 6.03 Å². The van der Waals surface area contributed by atoms with Crippen molar-refractivity contribution >= 4 is 6.03 Å². The lowest BCUT2D eigenvalue weighted by atomic mass is 10.1. The highest BCUT2D eigenvalue weighted by Crippen LogP contribution is 2.16. The number of piperidine rings is 1. The highest BCUT2D eigenvalue weighted by molar-refractivity contribution is 5.74. The largest absolute Gasteiger partial charge is 0.497 e. The van der Waals surface area contributed by atoms with Gasteiger partial charge in [0.25, 0.3) is 0 Å². The van der Waals surface area contributed by atoms with Gasteiger partial charge in [-0.25, -0.2) is 4.79 Å². The molecule has 1 atom stereocenters. The van der Waals surface area contributed by atoms with Crippen LogP contribution in [0.2, 0.25) is 0 Å². The zero-order valence-corrected chi connectivity index (χ0v) is 16.8. The van der Waals surface area contributed by atoms with Crippen molar-refractivity contribution in [3.8, 4) is 5.75 Å². The zero-order chi connectivity index (χ0) is 19.1. The molecule has 0 spiro atoms. The maximum Gasteiger partial charge on any atom is 0.317 e. The number of carbonyl (C=O) groups excluding carboxylic acids is 1. The Morgan fingerprint density at radius 1 is 1.19 bits per heavy atom. The molecule has 2 aliphatic rings. The number of carbonyl (C=O) groups is 1. The molecule has 1 aromatic rings. The van der Waals surface area contributed by atoms with Gasteiger partial charge in [-0.05, 0) is 50.0 Å². The number of methoxy groups -OCH3 is 1. The van der Waals surface area contributed by atoms with Gasteiger partial charge < -0.3 is 19.9 Å². The SMILES string of the molecule is CCCN1CCCC(NC(=O)N2CCN(Cc3cccc(OC)c3)CC2)C1. The number of piperazine rings is 1. The van der Waals surface area contributed by atoms with Crippen molar-refractivity contribution in [1.29, 1.82) is 0 Å². The van der Waals surface area contributed by atoms with Gasteiger partial charge in [0.05, 0.1) is 7.11 Å². The number of benzene rings is 1. The van der Waals surface area contributed by atoms with E-state index in [-0.39, 0.29) is 6.03 Å². The fourth-order valence-corrected chi connectivity index (χ4v) is 4.10. The van der Waals surface area contributed by atoms with E-state index < -0.39 is 0 Å². The van der Waals surface area contributed by atoms with Crippen LogP contribution in [0.25, 0.3) is 0 Å². The van der Waals surface area contributed by atoms with Crippen molar-refractivity contribution in [3.05, 3.63) is 29.8 Å². The van der Waals surface area contributed by atoms with E-state index in [9.17, 15) is 4.79 Å². The first kappa shape index (κ1) is 20.0. The molecule has 2 saturated heterocycles. The van der Waals surface area contributed by atoms with E-state index in [2.05, 4.69) is 34.2 Å². The fraction of sp³-hybridized carbons (Fsp3) is 0.667. The van der Waals surface area contributed by atoms with Crippen LogP contribution in [0.15, 0.2) is 24.3 Å². The molecular formula is C21H34N4O2. The molecule has 3 rings (SSSR count). The van der Waals surface area contributed by atoms with Crippen LogP contribution in [0, 0.1) is 0 Å². The molecule has 1 aromatic carbocycles. The van der Waals surface area contributed by atoms with Crippen molar-refractivity contribution in [1.82, 2.24) is 20.0 Å². The molecule has 6 heteroatoms. The number of amides is 2. The summed E-state index contributed by atoms with van der Waals surface area (Å²) in [5.41, 5.74) is 1.26. The van der Waals surface area contributed by atoms with Gasteiger partial charge in [-0.15, -0.1) is 0 Å². The maximum atomic E-state index is 12.6. The number of rotatable bonds is 6. The van der Waals surface area contributed by atoms with E-state index in [4.69, 9.17) is 4.74 Å². The summed E-state index contributed by atoms with van der Waals surface area (Å²) in [4.78, 5) is 19.5. The molecule has 0 radical (unpaired) electrons. The first-order valence-corrected chi connectivity index (χ1v) is 10.3. The molecular weight excluding hydrogens is 340 g/mol. The number of urea groups is 1. The fourth-order valence-electron chi connectivity index (χ4n) is 4.10. The topological polar surface area (TPSA) is 48.1 Å². The van der Waals surface area contributed by atoms with E-state index >= 15 is 0 Å². The zero-order valence-electron chi connectivity index (χ0n) is 16.8. The van der Waals surface area contributed by atoms with Crippen LogP contribution in [-0.4, -0.2) is 79.7 Å². The lowest BCUT2D eigenvalue weighted by Crippen LogP contribution is -2.55. The van der Waals surface area contributed by atoms with Crippen LogP contribution in [0.1, 0.15) is 31.7 Å². The Morgan fingerprint density at radius 2 is 2.00 bits per heavy atom. The minimum atomic E-state index is 0.111. The summed E-state index contributed by atoms with van der Waals surface area (Å²) in [5.74, 6) is 0.898. The second-order valence-electron chi connectivity index (χ2n) is 7.70. The molecule has 0 bridgehead atoms. The van der Waals surface area contributed by atoms with Gasteiger partial charge in [-0.2, -0.15) is 0 Å². The summed E-state index contributed by atoms with van der Waals surface area (Å²) in [5, 5.41) is 3.27. The average molecular weight is 375 g/mol. The van der Waals surface area contributed by atoms with E-state index in [0.717, 1.165) is 58.0 Å². The van der Waals surface area contributed by atoms with Crippen LogP contribution in [0.5, 0.6) is 5.75 Å². The first-order chi connectivity index (χ1) is 13.2. The Hall–Kier alpha value is -1.79.